The van der Waals surface area contributed by atoms with Gasteiger partial charge in [0.1, 0.15) is 11.5 Å². The number of nitrogens with two attached hydrogens (primary N) is 1. The zero-order valence-electron chi connectivity index (χ0n) is 13.8. The number of benzene rings is 1. The van der Waals surface area contributed by atoms with Crippen LogP contribution in [0.15, 0.2) is 65.8 Å². The van der Waals surface area contributed by atoms with Crippen molar-refractivity contribution in [3.05, 3.63) is 82.8 Å². The number of aromatic amines is 1. The van der Waals surface area contributed by atoms with E-state index in [1.165, 1.54) is 12.1 Å². The van der Waals surface area contributed by atoms with Gasteiger partial charge in [-0.2, -0.15) is 0 Å². The Bertz CT molecular complexity index is 955. The van der Waals surface area contributed by atoms with Gasteiger partial charge in [-0.3, -0.25) is 14.6 Å². The fourth-order valence-electron chi connectivity index (χ4n) is 2.48. The van der Waals surface area contributed by atoms with E-state index >= 15 is 0 Å². The Hall–Kier alpha value is -3.32. The summed E-state index contributed by atoms with van der Waals surface area (Å²) in [5.74, 6) is -0.849. The summed E-state index contributed by atoms with van der Waals surface area (Å²) in [6.45, 7) is 0. The molecule has 0 unspecified atom stereocenters. The van der Waals surface area contributed by atoms with Gasteiger partial charge in [0.2, 0.25) is 5.91 Å². The first-order valence-corrected chi connectivity index (χ1v) is 7.97. The van der Waals surface area contributed by atoms with Crippen molar-refractivity contribution in [2.45, 2.75) is 12.5 Å². The Balaban J connectivity index is 1.74. The van der Waals surface area contributed by atoms with Crippen molar-refractivity contribution in [2.75, 3.05) is 5.32 Å². The first kappa shape index (κ1) is 17.5. The Morgan fingerprint density at radius 2 is 1.85 bits per heavy atom. The summed E-state index contributed by atoms with van der Waals surface area (Å²) in [7, 11) is 0. The van der Waals surface area contributed by atoms with Crippen LogP contribution < -0.4 is 16.6 Å². The quantitative estimate of drug-likeness (QED) is 0.654. The van der Waals surface area contributed by atoms with E-state index in [9.17, 15) is 14.0 Å². The molecule has 0 aliphatic rings. The van der Waals surface area contributed by atoms with E-state index < -0.39 is 17.5 Å². The Morgan fingerprint density at radius 3 is 2.54 bits per heavy atom. The molecule has 1 aromatic carbocycles. The second-order valence-corrected chi connectivity index (χ2v) is 5.79. The summed E-state index contributed by atoms with van der Waals surface area (Å²) in [6, 6.07) is 10.0. The third-order valence-electron chi connectivity index (χ3n) is 3.88. The number of hydrogen-bond acceptors (Lipinski definition) is 4. The number of rotatable bonds is 5. The number of aromatic nitrogens is 2. The number of pyridine rings is 2. The molecule has 132 valence electrons. The molecular weight excluding hydrogens is 335 g/mol. The van der Waals surface area contributed by atoms with Gasteiger partial charge in [0.25, 0.3) is 5.56 Å². The van der Waals surface area contributed by atoms with Crippen molar-refractivity contribution in [2.24, 2.45) is 5.73 Å². The van der Waals surface area contributed by atoms with E-state index in [0.717, 1.165) is 16.7 Å². The number of hydrogen-bond donors (Lipinski definition) is 3. The van der Waals surface area contributed by atoms with Gasteiger partial charge in [-0.15, -0.1) is 0 Å². The minimum absolute atomic E-state index is 0.110. The Kier molecular flexibility index (Phi) is 5.19. The van der Waals surface area contributed by atoms with Crippen LogP contribution in [-0.4, -0.2) is 21.9 Å². The van der Waals surface area contributed by atoms with Crippen LogP contribution in [0, 0.1) is 5.82 Å². The maximum Gasteiger partial charge on any atom is 0.271 e. The molecule has 1 amide bonds. The highest BCUT2D eigenvalue weighted by Crippen LogP contribution is 2.18. The SMILES string of the molecule is N[C@H](Cc1ccc(F)cc1)C(=O)Nc1cc(-c2ccncc2)c[nH]c1=O. The van der Waals surface area contributed by atoms with E-state index in [-0.39, 0.29) is 17.9 Å². The van der Waals surface area contributed by atoms with Gasteiger partial charge in [0.05, 0.1) is 6.04 Å². The minimum Gasteiger partial charge on any atom is -0.327 e. The standard InChI is InChI=1S/C19H17FN4O2/c20-15-3-1-12(2-4-15)9-16(21)18(25)24-17-10-14(11-23-19(17)26)13-5-7-22-8-6-13/h1-8,10-11,16H,9,21H2,(H,23,26)(H,24,25)/t16-/m1/s1. The Morgan fingerprint density at radius 1 is 1.15 bits per heavy atom. The van der Waals surface area contributed by atoms with E-state index in [4.69, 9.17) is 5.73 Å². The largest absolute Gasteiger partial charge is 0.327 e. The fourth-order valence-corrected chi connectivity index (χ4v) is 2.48. The smallest absolute Gasteiger partial charge is 0.271 e. The molecule has 0 spiro atoms. The van der Waals surface area contributed by atoms with Crippen LogP contribution in [0.2, 0.25) is 0 Å². The van der Waals surface area contributed by atoms with Gasteiger partial charge >= 0.3 is 0 Å². The maximum absolute atomic E-state index is 12.9. The third-order valence-corrected chi connectivity index (χ3v) is 3.88. The topological polar surface area (TPSA) is 101 Å². The zero-order valence-corrected chi connectivity index (χ0v) is 13.8. The highest BCUT2D eigenvalue weighted by molar-refractivity contribution is 5.95. The summed E-state index contributed by atoms with van der Waals surface area (Å²) in [4.78, 5) is 30.8. The normalized spacial score (nSPS) is 11.8. The molecule has 0 aliphatic carbocycles. The molecule has 0 bridgehead atoms. The average Bonchev–Trinajstić information content (AvgIpc) is 2.66. The lowest BCUT2D eigenvalue weighted by Gasteiger charge is -2.12. The van der Waals surface area contributed by atoms with Crippen molar-refractivity contribution in [1.82, 2.24) is 9.97 Å². The number of amides is 1. The Labute approximate surface area is 148 Å². The van der Waals surface area contributed by atoms with Crippen LogP contribution >= 0.6 is 0 Å². The van der Waals surface area contributed by atoms with E-state index in [0.29, 0.717) is 0 Å². The molecule has 7 heteroatoms. The van der Waals surface area contributed by atoms with Crippen molar-refractivity contribution in [3.8, 4) is 11.1 Å². The predicted molar refractivity (Wildman–Crippen MR) is 97.0 cm³/mol. The van der Waals surface area contributed by atoms with Gasteiger partial charge in [-0.05, 0) is 47.9 Å². The van der Waals surface area contributed by atoms with Crippen molar-refractivity contribution in [3.63, 3.8) is 0 Å². The number of nitrogens with one attached hydrogen (secondary N) is 2. The summed E-state index contributed by atoms with van der Waals surface area (Å²) in [5.41, 5.74) is 7.90. The molecule has 0 aliphatic heterocycles. The summed E-state index contributed by atoms with van der Waals surface area (Å²) in [6.07, 6.45) is 5.06. The van der Waals surface area contributed by atoms with Crippen molar-refractivity contribution >= 4 is 11.6 Å². The van der Waals surface area contributed by atoms with Crippen LogP contribution in [0.3, 0.4) is 0 Å². The number of anilines is 1. The minimum atomic E-state index is -0.871. The molecule has 6 nitrogen and oxygen atoms in total. The van der Waals surface area contributed by atoms with Gasteiger partial charge in [0.15, 0.2) is 0 Å². The van der Waals surface area contributed by atoms with E-state index in [2.05, 4.69) is 15.3 Å². The van der Waals surface area contributed by atoms with E-state index in [1.54, 1.807) is 48.9 Å². The second-order valence-electron chi connectivity index (χ2n) is 5.79. The monoisotopic (exact) mass is 352 g/mol. The first-order valence-electron chi connectivity index (χ1n) is 7.97. The molecule has 4 N–H and O–H groups in total. The van der Waals surface area contributed by atoms with Crippen molar-refractivity contribution in [1.29, 1.82) is 0 Å². The molecule has 3 rings (SSSR count). The second kappa shape index (κ2) is 7.71. The maximum atomic E-state index is 12.9. The predicted octanol–water partition coefficient (Wildman–Crippen LogP) is 2.08. The molecule has 0 radical (unpaired) electrons. The van der Waals surface area contributed by atoms with Gasteiger partial charge in [-0.1, -0.05) is 12.1 Å². The highest BCUT2D eigenvalue weighted by atomic mass is 19.1. The average molecular weight is 352 g/mol. The number of carbonyl (C=O) groups excluding carboxylic acids is 1. The van der Waals surface area contributed by atoms with Crippen LogP contribution in [0.5, 0.6) is 0 Å². The lowest BCUT2D eigenvalue weighted by atomic mass is 10.1. The van der Waals surface area contributed by atoms with Crippen LogP contribution in [0.1, 0.15) is 5.56 Å². The molecule has 26 heavy (non-hydrogen) atoms. The molecular formula is C19H17FN4O2. The molecule has 2 heterocycles. The number of halogens is 1. The fraction of sp³-hybridized carbons (Fsp3) is 0.105. The van der Waals surface area contributed by atoms with Crippen molar-refractivity contribution < 1.29 is 9.18 Å². The summed E-state index contributed by atoms with van der Waals surface area (Å²) >= 11 is 0. The molecule has 0 saturated heterocycles. The van der Waals surface area contributed by atoms with Crippen LogP contribution in [0.25, 0.3) is 11.1 Å². The molecule has 1 atom stereocenters. The number of nitrogens with zero attached hydrogens (tertiary/aromatic N) is 1. The molecule has 0 saturated carbocycles. The first-order chi connectivity index (χ1) is 12.5. The lowest BCUT2D eigenvalue weighted by Crippen LogP contribution is -2.38. The van der Waals surface area contributed by atoms with Crippen LogP contribution in [-0.2, 0) is 11.2 Å². The van der Waals surface area contributed by atoms with E-state index in [1.807, 2.05) is 0 Å². The number of H-pyrrole nitrogens is 1. The van der Waals surface area contributed by atoms with Gasteiger partial charge in [-0.25, -0.2) is 4.39 Å². The number of carbonyl (C=O) groups is 1. The third kappa shape index (κ3) is 4.20. The van der Waals surface area contributed by atoms with Crippen LogP contribution in [0.4, 0.5) is 10.1 Å². The summed E-state index contributed by atoms with van der Waals surface area (Å²) in [5, 5.41) is 2.55. The van der Waals surface area contributed by atoms with Gasteiger partial charge < -0.3 is 16.0 Å². The molecule has 2 aromatic heterocycles. The molecule has 0 fully saturated rings. The van der Waals surface area contributed by atoms with Gasteiger partial charge in [0, 0.05) is 24.2 Å². The molecule has 3 aromatic rings. The highest BCUT2D eigenvalue weighted by Gasteiger charge is 2.16. The zero-order chi connectivity index (χ0) is 18.5. The summed E-state index contributed by atoms with van der Waals surface area (Å²) < 4.78 is 12.9. The lowest BCUT2D eigenvalue weighted by molar-refractivity contribution is -0.117.